The molecule has 0 aliphatic heterocycles. The van der Waals surface area contributed by atoms with Gasteiger partial charge in [-0.3, -0.25) is 4.79 Å². The van der Waals surface area contributed by atoms with Gasteiger partial charge in [0.1, 0.15) is 0 Å². The molecule has 0 saturated heterocycles. The average molecular weight is 285 g/mol. The number of benzene rings is 1. The van der Waals surface area contributed by atoms with Crippen LogP contribution in [0, 0.1) is 0 Å². The number of H-pyrrole nitrogens is 1. The van der Waals surface area contributed by atoms with Crippen LogP contribution in [-0.4, -0.2) is 17.1 Å². The van der Waals surface area contributed by atoms with Crippen LogP contribution in [0.5, 0.6) is 0 Å². The number of unbranched alkanes of at least 4 members (excludes halogenated alkanes) is 4. The van der Waals surface area contributed by atoms with Crippen LogP contribution < -0.4 is 5.43 Å². The predicted octanol–water partition coefficient (Wildman–Crippen LogP) is 3.98. The van der Waals surface area contributed by atoms with Crippen LogP contribution in [0.15, 0.2) is 35.6 Å². The summed E-state index contributed by atoms with van der Waals surface area (Å²) in [6, 6.07) is 8.02. The van der Waals surface area contributed by atoms with Gasteiger partial charge < -0.3 is 4.98 Å². The molecule has 2 aromatic rings. The number of hydrogen-bond donors (Lipinski definition) is 2. The van der Waals surface area contributed by atoms with Gasteiger partial charge in [-0.1, -0.05) is 50.8 Å². The number of carbonyl (C=O) groups excluding carboxylic acids is 1. The molecule has 2 N–H and O–H groups in total. The summed E-state index contributed by atoms with van der Waals surface area (Å²) in [7, 11) is 0. The Hall–Kier alpha value is -2.10. The van der Waals surface area contributed by atoms with E-state index in [1.165, 1.54) is 19.3 Å². The summed E-state index contributed by atoms with van der Waals surface area (Å²) < 4.78 is 0. The SMILES string of the molecule is CCCCCCCC(=O)NN=Cc1c[nH]c2ccccc12. The lowest BCUT2D eigenvalue weighted by atomic mass is 10.1. The zero-order valence-corrected chi connectivity index (χ0v) is 12.6. The van der Waals surface area contributed by atoms with Crippen molar-refractivity contribution in [1.82, 2.24) is 10.4 Å². The number of rotatable bonds is 8. The number of fused-ring (bicyclic) bond motifs is 1. The second-order valence-corrected chi connectivity index (χ2v) is 5.25. The highest BCUT2D eigenvalue weighted by Gasteiger charge is 2.01. The Morgan fingerprint density at radius 2 is 2.05 bits per heavy atom. The highest BCUT2D eigenvalue weighted by Crippen LogP contribution is 2.15. The maximum atomic E-state index is 11.6. The molecule has 0 spiro atoms. The summed E-state index contributed by atoms with van der Waals surface area (Å²) in [6.45, 7) is 2.19. The van der Waals surface area contributed by atoms with Crippen molar-refractivity contribution in [3.05, 3.63) is 36.0 Å². The second kappa shape index (κ2) is 8.25. The van der Waals surface area contributed by atoms with Crippen molar-refractivity contribution >= 4 is 23.0 Å². The molecular formula is C17H23N3O. The molecule has 1 amide bonds. The maximum absolute atomic E-state index is 11.6. The van der Waals surface area contributed by atoms with Crippen LogP contribution in [0.25, 0.3) is 10.9 Å². The molecule has 112 valence electrons. The van der Waals surface area contributed by atoms with Crippen LogP contribution in [0.4, 0.5) is 0 Å². The van der Waals surface area contributed by atoms with Crippen molar-refractivity contribution in [2.24, 2.45) is 5.10 Å². The van der Waals surface area contributed by atoms with Crippen LogP contribution in [0.1, 0.15) is 51.0 Å². The van der Waals surface area contributed by atoms with Gasteiger partial charge in [0, 0.05) is 29.1 Å². The van der Waals surface area contributed by atoms with Gasteiger partial charge >= 0.3 is 0 Å². The van der Waals surface area contributed by atoms with Crippen molar-refractivity contribution < 1.29 is 4.79 Å². The van der Waals surface area contributed by atoms with Gasteiger partial charge in [0.25, 0.3) is 0 Å². The van der Waals surface area contributed by atoms with Gasteiger partial charge in [-0.25, -0.2) is 5.43 Å². The summed E-state index contributed by atoms with van der Waals surface area (Å²) in [5.41, 5.74) is 4.64. The Morgan fingerprint density at radius 3 is 2.90 bits per heavy atom. The van der Waals surface area contributed by atoms with Gasteiger partial charge in [0.05, 0.1) is 6.21 Å². The Balaban J connectivity index is 1.76. The number of carbonyl (C=O) groups is 1. The van der Waals surface area contributed by atoms with E-state index >= 15 is 0 Å². The van der Waals surface area contributed by atoms with E-state index in [1.807, 2.05) is 30.5 Å². The number of aromatic nitrogens is 1. The minimum Gasteiger partial charge on any atom is -0.361 e. The van der Waals surface area contributed by atoms with E-state index in [-0.39, 0.29) is 5.91 Å². The summed E-state index contributed by atoms with van der Waals surface area (Å²) in [5, 5.41) is 5.14. The number of hydrogen-bond acceptors (Lipinski definition) is 2. The van der Waals surface area contributed by atoms with E-state index in [0.29, 0.717) is 6.42 Å². The average Bonchev–Trinajstić information content (AvgIpc) is 2.91. The maximum Gasteiger partial charge on any atom is 0.240 e. The zero-order valence-electron chi connectivity index (χ0n) is 12.6. The Morgan fingerprint density at radius 1 is 1.24 bits per heavy atom. The van der Waals surface area contributed by atoms with Crippen LogP contribution in [0.3, 0.4) is 0 Å². The molecular weight excluding hydrogens is 262 g/mol. The van der Waals surface area contributed by atoms with Gasteiger partial charge in [-0.2, -0.15) is 5.10 Å². The van der Waals surface area contributed by atoms with E-state index in [9.17, 15) is 4.79 Å². The fourth-order valence-electron chi connectivity index (χ4n) is 2.32. The number of amides is 1. The molecule has 0 fully saturated rings. The quantitative estimate of drug-likeness (QED) is 0.430. The molecule has 21 heavy (non-hydrogen) atoms. The minimum atomic E-state index is -0.0115. The van der Waals surface area contributed by atoms with E-state index in [0.717, 1.165) is 29.3 Å². The van der Waals surface area contributed by atoms with Gasteiger partial charge in [0.2, 0.25) is 5.91 Å². The van der Waals surface area contributed by atoms with Crippen molar-refractivity contribution in [3.8, 4) is 0 Å². The fraction of sp³-hybridized carbons (Fsp3) is 0.412. The summed E-state index contributed by atoms with van der Waals surface area (Å²) in [5.74, 6) is -0.0115. The molecule has 0 aliphatic rings. The largest absolute Gasteiger partial charge is 0.361 e. The molecule has 2 rings (SSSR count). The first-order valence-electron chi connectivity index (χ1n) is 7.69. The number of para-hydroxylation sites is 1. The lowest BCUT2D eigenvalue weighted by Gasteiger charge is -2.00. The highest BCUT2D eigenvalue weighted by atomic mass is 16.2. The molecule has 1 heterocycles. The molecule has 1 aromatic carbocycles. The van der Waals surface area contributed by atoms with Gasteiger partial charge in [-0.15, -0.1) is 0 Å². The third-order valence-corrected chi connectivity index (χ3v) is 3.52. The Bertz CT molecular complexity index is 601. The zero-order chi connectivity index (χ0) is 14.9. The molecule has 0 atom stereocenters. The standard InChI is InChI=1S/C17H23N3O/c1-2-3-4-5-6-11-17(21)20-19-13-14-12-18-16-10-8-7-9-15(14)16/h7-10,12-13,18H,2-6,11H2,1H3,(H,20,21). The van der Waals surface area contributed by atoms with Crippen LogP contribution in [-0.2, 0) is 4.79 Å². The van der Waals surface area contributed by atoms with Crippen molar-refractivity contribution in [2.75, 3.05) is 0 Å². The minimum absolute atomic E-state index is 0.0115. The number of aromatic amines is 1. The first-order valence-corrected chi connectivity index (χ1v) is 7.69. The molecule has 0 aliphatic carbocycles. The predicted molar refractivity (Wildman–Crippen MR) is 87.4 cm³/mol. The monoisotopic (exact) mass is 285 g/mol. The Labute approximate surface area is 125 Å². The van der Waals surface area contributed by atoms with Crippen molar-refractivity contribution in [3.63, 3.8) is 0 Å². The van der Waals surface area contributed by atoms with Crippen molar-refractivity contribution in [2.45, 2.75) is 45.4 Å². The first-order chi connectivity index (χ1) is 10.3. The molecule has 0 bridgehead atoms. The summed E-state index contributed by atoms with van der Waals surface area (Å²) in [4.78, 5) is 14.8. The van der Waals surface area contributed by atoms with Crippen molar-refractivity contribution in [1.29, 1.82) is 0 Å². The molecule has 0 radical (unpaired) electrons. The van der Waals surface area contributed by atoms with E-state index < -0.39 is 0 Å². The molecule has 0 saturated carbocycles. The Kier molecular flexibility index (Phi) is 6.00. The highest BCUT2D eigenvalue weighted by molar-refractivity contribution is 5.99. The third-order valence-electron chi connectivity index (χ3n) is 3.52. The fourth-order valence-corrected chi connectivity index (χ4v) is 2.32. The second-order valence-electron chi connectivity index (χ2n) is 5.25. The number of nitrogens with one attached hydrogen (secondary N) is 2. The molecule has 1 aromatic heterocycles. The van der Waals surface area contributed by atoms with Gasteiger partial charge in [0.15, 0.2) is 0 Å². The normalized spacial score (nSPS) is 11.3. The number of hydrazone groups is 1. The first kappa shape index (κ1) is 15.3. The smallest absolute Gasteiger partial charge is 0.240 e. The summed E-state index contributed by atoms with van der Waals surface area (Å²) in [6.07, 6.45) is 9.87. The topological polar surface area (TPSA) is 57.2 Å². The van der Waals surface area contributed by atoms with E-state index in [2.05, 4.69) is 22.4 Å². The van der Waals surface area contributed by atoms with E-state index in [4.69, 9.17) is 0 Å². The summed E-state index contributed by atoms with van der Waals surface area (Å²) >= 11 is 0. The van der Waals surface area contributed by atoms with Gasteiger partial charge in [-0.05, 0) is 12.5 Å². The molecule has 0 unspecified atom stereocenters. The van der Waals surface area contributed by atoms with Crippen LogP contribution >= 0.6 is 0 Å². The van der Waals surface area contributed by atoms with Crippen LogP contribution in [0.2, 0.25) is 0 Å². The lowest BCUT2D eigenvalue weighted by Crippen LogP contribution is -2.16. The lowest BCUT2D eigenvalue weighted by molar-refractivity contribution is -0.121. The molecule has 4 heteroatoms. The molecule has 4 nitrogen and oxygen atoms in total. The third kappa shape index (κ3) is 4.74. The number of nitrogens with zero attached hydrogens (tertiary/aromatic N) is 1. The van der Waals surface area contributed by atoms with E-state index in [1.54, 1.807) is 6.21 Å².